The monoisotopic (exact) mass is 283 g/mol. The van der Waals surface area contributed by atoms with E-state index in [4.69, 9.17) is 11.5 Å². The molecule has 0 fully saturated rings. The van der Waals surface area contributed by atoms with Gasteiger partial charge in [0.25, 0.3) is 0 Å². The average Bonchev–Trinajstić information content (AvgIpc) is 2.79. The van der Waals surface area contributed by atoms with E-state index < -0.39 is 0 Å². The van der Waals surface area contributed by atoms with E-state index in [0.717, 1.165) is 46.9 Å². The van der Waals surface area contributed by atoms with Crippen LogP contribution in [-0.2, 0) is 13.0 Å². The number of rotatable bonds is 4. The lowest BCUT2D eigenvalue weighted by Crippen LogP contribution is -2.20. The molecule has 3 aromatic rings. The lowest BCUT2D eigenvalue weighted by Gasteiger charge is -2.10. The van der Waals surface area contributed by atoms with Gasteiger partial charge in [-0.05, 0) is 19.4 Å². The zero-order chi connectivity index (χ0) is 15.0. The second-order valence-corrected chi connectivity index (χ2v) is 5.59. The standard InChI is InChI=1S/C16H21N5/c1-3-8-21-13(9-10(2)17)14-11-6-4-5-7-12(11)19-16(18)15(14)20-21/h4-7,10H,3,8-9,17H2,1-2H3,(H2,18,19). The summed E-state index contributed by atoms with van der Waals surface area (Å²) in [5.41, 5.74) is 15.0. The summed E-state index contributed by atoms with van der Waals surface area (Å²) >= 11 is 0. The molecule has 1 unspecified atom stereocenters. The maximum absolute atomic E-state index is 6.11. The molecule has 0 aliphatic carbocycles. The molecule has 2 heterocycles. The van der Waals surface area contributed by atoms with Gasteiger partial charge in [0.15, 0.2) is 5.82 Å². The average molecular weight is 283 g/mol. The van der Waals surface area contributed by atoms with E-state index in [0.29, 0.717) is 5.82 Å². The number of pyridine rings is 1. The molecule has 1 aromatic carbocycles. The highest BCUT2D eigenvalue weighted by molar-refractivity contribution is 6.09. The number of fused-ring (bicyclic) bond motifs is 3. The van der Waals surface area contributed by atoms with Gasteiger partial charge in [0, 0.05) is 35.5 Å². The van der Waals surface area contributed by atoms with Gasteiger partial charge in [-0.1, -0.05) is 25.1 Å². The fraction of sp³-hybridized carbons (Fsp3) is 0.375. The van der Waals surface area contributed by atoms with Crippen LogP contribution in [0.25, 0.3) is 21.8 Å². The Bertz CT molecular complexity index is 788. The van der Waals surface area contributed by atoms with Crippen LogP contribution in [0.1, 0.15) is 26.0 Å². The van der Waals surface area contributed by atoms with E-state index in [1.54, 1.807) is 0 Å². The van der Waals surface area contributed by atoms with Gasteiger partial charge in [0.2, 0.25) is 0 Å². The second kappa shape index (κ2) is 5.33. The Hall–Kier alpha value is -2.14. The molecule has 21 heavy (non-hydrogen) atoms. The van der Waals surface area contributed by atoms with Crippen LogP contribution in [0.5, 0.6) is 0 Å². The first-order valence-electron chi connectivity index (χ1n) is 7.41. The van der Waals surface area contributed by atoms with Crippen molar-refractivity contribution in [3.8, 4) is 0 Å². The van der Waals surface area contributed by atoms with Crippen LogP contribution in [0.4, 0.5) is 5.82 Å². The Morgan fingerprint density at radius 3 is 2.76 bits per heavy atom. The minimum atomic E-state index is 0.0775. The van der Waals surface area contributed by atoms with Crippen molar-refractivity contribution in [3.05, 3.63) is 30.0 Å². The van der Waals surface area contributed by atoms with Gasteiger partial charge >= 0.3 is 0 Å². The number of nitrogens with two attached hydrogens (primary N) is 2. The van der Waals surface area contributed by atoms with E-state index in [2.05, 4.69) is 23.1 Å². The van der Waals surface area contributed by atoms with Crippen LogP contribution >= 0.6 is 0 Å². The van der Waals surface area contributed by atoms with Gasteiger partial charge < -0.3 is 11.5 Å². The third-order valence-corrected chi connectivity index (χ3v) is 3.67. The molecule has 5 nitrogen and oxygen atoms in total. The maximum Gasteiger partial charge on any atom is 0.152 e. The molecule has 0 spiro atoms. The zero-order valence-corrected chi connectivity index (χ0v) is 12.5. The molecule has 0 radical (unpaired) electrons. The third-order valence-electron chi connectivity index (χ3n) is 3.67. The first-order valence-corrected chi connectivity index (χ1v) is 7.41. The molecule has 0 amide bonds. The predicted octanol–water partition coefficient (Wildman–Crippen LogP) is 2.47. The fourth-order valence-electron chi connectivity index (χ4n) is 2.83. The van der Waals surface area contributed by atoms with E-state index >= 15 is 0 Å². The van der Waals surface area contributed by atoms with Crippen molar-refractivity contribution >= 4 is 27.6 Å². The van der Waals surface area contributed by atoms with Gasteiger partial charge in [-0.2, -0.15) is 5.10 Å². The van der Waals surface area contributed by atoms with Crippen molar-refractivity contribution in [1.29, 1.82) is 0 Å². The van der Waals surface area contributed by atoms with Gasteiger partial charge in [-0.15, -0.1) is 0 Å². The van der Waals surface area contributed by atoms with Crippen LogP contribution in [0.2, 0.25) is 0 Å². The Balaban J connectivity index is 2.39. The molecule has 0 saturated heterocycles. The summed E-state index contributed by atoms with van der Waals surface area (Å²) in [6, 6.07) is 8.13. The highest BCUT2D eigenvalue weighted by Crippen LogP contribution is 2.30. The van der Waals surface area contributed by atoms with Crippen LogP contribution in [0.15, 0.2) is 24.3 Å². The van der Waals surface area contributed by atoms with Gasteiger partial charge in [0.1, 0.15) is 5.52 Å². The number of aromatic nitrogens is 3. The number of nitrogen functional groups attached to an aromatic ring is 1. The van der Waals surface area contributed by atoms with E-state index in [9.17, 15) is 0 Å². The smallest absolute Gasteiger partial charge is 0.152 e. The Kier molecular flexibility index (Phi) is 3.51. The molecular formula is C16H21N5. The van der Waals surface area contributed by atoms with Crippen LogP contribution in [0.3, 0.4) is 0 Å². The van der Waals surface area contributed by atoms with E-state index in [1.165, 1.54) is 0 Å². The Labute approximate surface area is 123 Å². The number of anilines is 1. The quantitative estimate of drug-likeness (QED) is 0.770. The summed E-state index contributed by atoms with van der Waals surface area (Å²) in [5.74, 6) is 0.490. The van der Waals surface area contributed by atoms with Crippen LogP contribution in [0, 0.1) is 0 Å². The largest absolute Gasteiger partial charge is 0.382 e. The van der Waals surface area contributed by atoms with Crippen molar-refractivity contribution in [3.63, 3.8) is 0 Å². The second-order valence-electron chi connectivity index (χ2n) is 5.59. The maximum atomic E-state index is 6.11. The highest BCUT2D eigenvalue weighted by Gasteiger charge is 2.18. The number of nitrogens with zero attached hydrogens (tertiary/aromatic N) is 3. The number of para-hydroxylation sites is 1. The summed E-state index contributed by atoms with van der Waals surface area (Å²) in [6.45, 7) is 5.02. The number of benzene rings is 1. The number of hydrogen-bond acceptors (Lipinski definition) is 4. The topological polar surface area (TPSA) is 82.8 Å². The lowest BCUT2D eigenvalue weighted by atomic mass is 10.0. The molecular weight excluding hydrogens is 262 g/mol. The van der Waals surface area contributed by atoms with E-state index in [1.807, 2.05) is 29.8 Å². The van der Waals surface area contributed by atoms with Crippen molar-refractivity contribution < 1.29 is 0 Å². The zero-order valence-electron chi connectivity index (χ0n) is 12.5. The molecule has 0 saturated carbocycles. The Morgan fingerprint density at radius 1 is 1.29 bits per heavy atom. The van der Waals surface area contributed by atoms with E-state index in [-0.39, 0.29) is 6.04 Å². The number of hydrogen-bond donors (Lipinski definition) is 2. The minimum Gasteiger partial charge on any atom is -0.382 e. The van der Waals surface area contributed by atoms with Crippen LogP contribution < -0.4 is 11.5 Å². The lowest BCUT2D eigenvalue weighted by molar-refractivity contribution is 0.563. The van der Waals surface area contributed by atoms with Crippen molar-refractivity contribution in [1.82, 2.24) is 14.8 Å². The first-order chi connectivity index (χ1) is 10.1. The number of aryl methyl sites for hydroxylation is 1. The normalized spacial score (nSPS) is 13.1. The molecule has 4 N–H and O–H groups in total. The summed E-state index contributed by atoms with van der Waals surface area (Å²) in [4.78, 5) is 4.47. The molecule has 3 rings (SSSR count). The van der Waals surface area contributed by atoms with Crippen molar-refractivity contribution in [2.24, 2.45) is 5.73 Å². The molecule has 0 aliphatic heterocycles. The fourth-order valence-corrected chi connectivity index (χ4v) is 2.83. The first kappa shape index (κ1) is 13.8. The van der Waals surface area contributed by atoms with Gasteiger partial charge in [-0.3, -0.25) is 4.68 Å². The van der Waals surface area contributed by atoms with Gasteiger partial charge in [-0.25, -0.2) is 4.98 Å². The minimum absolute atomic E-state index is 0.0775. The molecule has 110 valence electrons. The molecule has 1 atom stereocenters. The molecule has 2 aromatic heterocycles. The molecule has 0 bridgehead atoms. The molecule has 5 heteroatoms. The summed E-state index contributed by atoms with van der Waals surface area (Å²) in [6.07, 6.45) is 1.80. The highest BCUT2D eigenvalue weighted by atomic mass is 15.3. The summed E-state index contributed by atoms with van der Waals surface area (Å²) in [7, 11) is 0. The van der Waals surface area contributed by atoms with Crippen molar-refractivity contribution in [2.45, 2.75) is 39.3 Å². The van der Waals surface area contributed by atoms with Crippen LogP contribution in [-0.4, -0.2) is 20.8 Å². The SMILES string of the molecule is CCCn1nc2c(N)nc3ccccc3c2c1CC(C)N. The predicted molar refractivity (Wildman–Crippen MR) is 87.1 cm³/mol. The van der Waals surface area contributed by atoms with Gasteiger partial charge in [0.05, 0.1) is 5.52 Å². The van der Waals surface area contributed by atoms with Crippen molar-refractivity contribution in [2.75, 3.05) is 5.73 Å². The molecule has 0 aliphatic rings. The third kappa shape index (κ3) is 2.34. The summed E-state index contributed by atoms with van der Waals surface area (Å²) < 4.78 is 2.04. The Morgan fingerprint density at radius 2 is 2.05 bits per heavy atom. The summed E-state index contributed by atoms with van der Waals surface area (Å²) in [5, 5.41) is 6.88.